The van der Waals surface area contributed by atoms with Crippen LogP contribution in [0.5, 0.6) is 11.5 Å². The van der Waals surface area contributed by atoms with Gasteiger partial charge in [0.05, 0.1) is 20.1 Å². The normalized spacial score (nSPS) is 11.0. The van der Waals surface area contributed by atoms with Gasteiger partial charge in [0.25, 0.3) is 0 Å². The predicted molar refractivity (Wildman–Crippen MR) is 130 cm³/mol. The van der Waals surface area contributed by atoms with Crippen LogP contribution in [0.25, 0.3) is 10.8 Å². The number of hydrogen-bond donors (Lipinski definition) is 2. The van der Waals surface area contributed by atoms with Crippen LogP contribution in [-0.2, 0) is 13.2 Å². The number of aromatic hydroxyl groups is 1. The second-order valence-corrected chi connectivity index (χ2v) is 8.57. The summed E-state index contributed by atoms with van der Waals surface area (Å²) in [5, 5.41) is 16.6. The summed E-state index contributed by atoms with van der Waals surface area (Å²) in [5.41, 5.74) is 2.59. The lowest BCUT2D eigenvalue weighted by atomic mass is 10.0. The first-order valence-corrected chi connectivity index (χ1v) is 10.9. The smallest absolute Gasteiger partial charge is 0.152 e. The fourth-order valence-corrected chi connectivity index (χ4v) is 4.09. The second-order valence-electron chi connectivity index (χ2n) is 6.94. The van der Waals surface area contributed by atoms with Crippen LogP contribution in [0, 0.1) is 0 Å². The van der Waals surface area contributed by atoms with Crippen LogP contribution in [0.1, 0.15) is 11.1 Å². The molecule has 0 unspecified atom stereocenters. The lowest BCUT2D eigenvalue weighted by Gasteiger charge is -2.16. The molecule has 0 aliphatic rings. The van der Waals surface area contributed by atoms with Crippen molar-refractivity contribution >= 4 is 62.9 Å². The van der Waals surface area contributed by atoms with E-state index in [0.717, 1.165) is 27.6 Å². The number of hydrogen-bond acceptors (Lipinski definition) is 3. The molecule has 0 aliphatic heterocycles. The fourth-order valence-electron chi connectivity index (χ4n) is 3.28. The van der Waals surface area contributed by atoms with E-state index in [2.05, 4.69) is 17.4 Å². The molecule has 4 aromatic rings. The fraction of sp³-hybridized carbons (Fsp3) is 0.0833. The third kappa shape index (κ3) is 4.97. The number of rotatable bonds is 6. The van der Waals surface area contributed by atoms with Crippen molar-refractivity contribution in [2.45, 2.75) is 13.2 Å². The second kappa shape index (κ2) is 9.46. The van der Waals surface area contributed by atoms with Gasteiger partial charge in [0.2, 0.25) is 0 Å². The first-order chi connectivity index (χ1) is 14.9. The molecule has 0 spiro atoms. The van der Waals surface area contributed by atoms with Crippen LogP contribution in [0.4, 0.5) is 5.69 Å². The molecule has 4 rings (SSSR count). The number of phenolic OH excluding ortho intramolecular Hbond substituents is 1. The zero-order valence-corrected chi connectivity index (χ0v) is 19.2. The Labute approximate surface area is 200 Å². The standard InChI is InChI=1S/C24H17Cl4NO2/c25-19-7-5-14(9-20(19)26)13-31-23-8-6-15-3-1-2-4-17(15)18(23)12-29-16-10-21(27)24(30)22(28)11-16/h1-11,29-30H,12-13H2. The number of phenols is 1. The van der Waals surface area contributed by atoms with E-state index in [-0.39, 0.29) is 15.8 Å². The van der Waals surface area contributed by atoms with Crippen molar-refractivity contribution < 1.29 is 9.84 Å². The van der Waals surface area contributed by atoms with Gasteiger partial charge in [-0.3, -0.25) is 0 Å². The third-order valence-electron chi connectivity index (χ3n) is 4.86. The Hall–Kier alpha value is -2.30. The summed E-state index contributed by atoms with van der Waals surface area (Å²) in [6.07, 6.45) is 0. The molecule has 0 fully saturated rings. The molecule has 0 radical (unpaired) electrons. The molecule has 0 amide bonds. The average Bonchev–Trinajstić information content (AvgIpc) is 2.76. The summed E-state index contributed by atoms with van der Waals surface area (Å²) in [6, 6.07) is 20.8. The number of anilines is 1. The lowest BCUT2D eigenvalue weighted by molar-refractivity contribution is 0.304. The van der Waals surface area contributed by atoms with E-state index < -0.39 is 0 Å². The number of benzene rings is 4. The molecular formula is C24H17Cl4NO2. The Morgan fingerprint density at radius 2 is 1.52 bits per heavy atom. The van der Waals surface area contributed by atoms with Crippen LogP contribution in [-0.4, -0.2) is 5.11 Å². The van der Waals surface area contributed by atoms with Crippen molar-refractivity contribution in [1.29, 1.82) is 0 Å². The largest absolute Gasteiger partial charge is 0.505 e. The molecule has 0 aliphatic carbocycles. The molecule has 0 saturated carbocycles. The molecule has 31 heavy (non-hydrogen) atoms. The molecule has 158 valence electrons. The van der Waals surface area contributed by atoms with Crippen molar-refractivity contribution in [3.8, 4) is 11.5 Å². The zero-order chi connectivity index (χ0) is 22.0. The van der Waals surface area contributed by atoms with E-state index >= 15 is 0 Å². The first kappa shape index (κ1) is 21.9. The average molecular weight is 493 g/mol. The Bertz CT molecular complexity index is 1240. The van der Waals surface area contributed by atoms with E-state index in [1.807, 2.05) is 30.3 Å². The Balaban J connectivity index is 1.63. The first-order valence-electron chi connectivity index (χ1n) is 9.41. The molecule has 7 heteroatoms. The maximum atomic E-state index is 9.79. The van der Waals surface area contributed by atoms with E-state index in [0.29, 0.717) is 28.9 Å². The maximum Gasteiger partial charge on any atom is 0.152 e. The van der Waals surface area contributed by atoms with Crippen LogP contribution >= 0.6 is 46.4 Å². The molecule has 0 aromatic heterocycles. The lowest BCUT2D eigenvalue weighted by Crippen LogP contribution is -2.05. The molecule has 0 atom stereocenters. The summed E-state index contributed by atoms with van der Waals surface area (Å²) in [7, 11) is 0. The summed E-state index contributed by atoms with van der Waals surface area (Å²) >= 11 is 24.2. The highest BCUT2D eigenvalue weighted by Gasteiger charge is 2.12. The van der Waals surface area contributed by atoms with Gasteiger partial charge in [0.15, 0.2) is 5.75 Å². The number of ether oxygens (including phenoxy) is 1. The number of fused-ring (bicyclic) bond motifs is 1. The molecule has 0 bridgehead atoms. The Morgan fingerprint density at radius 3 is 2.26 bits per heavy atom. The van der Waals surface area contributed by atoms with Gasteiger partial charge in [-0.25, -0.2) is 0 Å². The SMILES string of the molecule is Oc1c(Cl)cc(NCc2c(OCc3ccc(Cl)c(Cl)c3)ccc3ccccc23)cc1Cl. The van der Waals surface area contributed by atoms with Crippen molar-refractivity contribution in [2.75, 3.05) is 5.32 Å². The number of halogens is 4. The molecule has 0 heterocycles. The van der Waals surface area contributed by atoms with Crippen molar-refractivity contribution in [3.05, 3.63) is 97.9 Å². The van der Waals surface area contributed by atoms with Gasteiger partial charge in [-0.05, 0) is 46.7 Å². The third-order valence-corrected chi connectivity index (χ3v) is 6.18. The van der Waals surface area contributed by atoms with Crippen LogP contribution in [0.2, 0.25) is 20.1 Å². The minimum atomic E-state index is -0.135. The molecular weight excluding hydrogens is 476 g/mol. The van der Waals surface area contributed by atoms with E-state index in [9.17, 15) is 5.11 Å². The maximum absolute atomic E-state index is 9.79. The zero-order valence-electron chi connectivity index (χ0n) is 16.1. The van der Waals surface area contributed by atoms with Gasteiger partial charge in [-0.15, -0.1) is 0 Å². The van der Waals surface area contributed by atoms with Gasteiger partial charge in [0, 0.05) is 17.8 Å². The minimum absolute atomic E-state index is 0.135. The summed E-state index contributed by atoms with van der Waals surface area (Å²) in [6.45, 7) is 0.814. The van der Waals surface area contributed by atoms with Gasteiger partial charge in [0.1, 0.15) is 12.4 Å². The van der Waals surface area contributed by atoms with Crippen molar-refractivity contribution in [1.82, 2.24) is 0 Å². The highest BCUT2D eigenvalue weighted by Crippen LogP contribution is 2.36. The Morgan fingerprint density at radius 1 is 0.774 bits per heavy atom. The van der Waals surface area contributed by atoms with Crippen molar-refractivity contribution in [2.24, 2.45) is 0 Å². The molecule has 0 saturated heterocycles. The quantitative estimate of drug-likeness (QED) is 0.265. The van der Waals surface area contributed by atoms with E-state index in [1.54, 1.807) is 24.3 Å². The van der Waals surface area contributed by atoms with Crippen molar-refractivity contribution in [3.63, 3.8) is 0 Å². The molecule has 3 nitrogen and oxygen atoms in total. The van der Waals surface area contributed by atoms with Gasteiger partial charge in [-0.2, -0.15) is 0 Å². The highest BCUT2D eigenvalue weighted by atomic mass is 35.5. The minimum Gasteiger partial charge on any atom is -0.505 e. The van der Waals surface area contributed by atoms with Crippen LogP contribution in [0.3, 0.4) is 0 Å². The summed E-state index contributed by atoms with van der Waals surface area (Å²) in [5.74, 6) is 0.609. The monoisotopic (exact) mass is 491 g/mol. The number of nitrogens with one attached hydrogen (secondary N) is 1. The Kier molecular flexibility index (Phi) is 6.68. The van der Waals surface area contributed by atoms with E-state index in [4.69, 9.17) is 51.1 Å². The topological polar surface area (TPSA) is 41.5 Å². The van der Waals surface area contributed by atoms with Crippen LogP contribution < -0.4 is 10.1 Å². The molecule has 2 N–H and O–H groups in total. The van der Waals surface area contributed by atoms with E-state index in [1.165, 1.54) is 0 Å². The predicted octanol–water partition coefficient (Wildman–Crippen LogP) is 8.35. The molecule has 4 aromatic carbocycles. The summed E-state index contributed by atoms with van der Waals surface area (Å²) < 4.78 is 6.15. The summed E-state index contributed by atoms with van der Waals surface area (Å²) in [4.78, 5) is 0. The van der Waals surface area contributed by atoms with Gasteiger partial charge in [-0.1, -0.05) is 82.8 Å². The van der Waals surface area contributed by atoms with Gasteiger partial charge < -0.3 is 15.2 Å². The van der Waals surface area contributed by atoms with Gasteiger partial charge >= 0.3 is 0 Å². The van der Waals surface area contributed by atoms with Crippen LogP contribution in [0.15, 0.2) is 66.7 Å². The highest BCUT2D eigenvalue weighted by molar-refractivity contribution is 6.42.